The molecule has 0 spiro atoms. The summed E-state index contributed by atoms with van der Waals surface area (Å²) >= 11 is 0. The fourth-order valence-electron chi connectivity index (χ4n) is 2.14. The number of nitrogens with zero attached hydrogens (tertiary/aromatic N) is 2. The quantitative estimate of drug-likeness (QED) is 0.788. The Bertz CT molecular complexity index is 674. The minimum Gasteiger partial charge on any atom is -0.497 e. The van der Waals surface area contributed by atoms with Crippen LogP contribution in [0.5, 0.6) is 5.75 Å². The van der Waals surface area contributed by atoms with Crippen LogP contribution in [0.15, 0.2) is 54.6 Å². The molecule has 0 radical (unpaired) electrons. The van der Waals surface area contributed by atoms with Gasteiger partial charge in [0.05, 0.1) is 12.8 Å². The fraction of sp³-hybridized carbons (Fsp3) is 0.125. The average Bonchev–Trinajstić information content (AvgIpc) is 2.97. The first-order valence-electron chi connectivity index (χ1n) is 6.45. The van der Waals surface area contributed by atoms with Crippen LogP contribution in [0.2, 0.25) is 0 Å². The Balaban J connectivity index is 1.86. The third-order valence-electron chi connectivity index (χ3n) is 3.20. The summed E-state index contributed by atoms with van der Waals surface area (Å²) < 4.78 is 5.16. The van der Waals surface area contributed by atoms with Crippen LogP contribution in [0.3, 0.4) is 0 Å². The molecule has 4 nitrogen and oxygen atoms in total. The number of rotatable bonds is 4. The molecule has 2 aromatic carbocycles. The van der Waals surface area contributed by atoms with Gasteiger partial charge in [-0.3, -0.25) is 0 Å². The third-order valence-corrected chi connectivity index (χ3v) is 3.20. The molecule has 0 aliphatic rings. The number of hydrogen-bond donors (Lipinski definition) is 1. The predicted octanol–water partition coefficient (Wildman–Crippen LogP) is 3.07. The number of hydrogen-bond acceptors (Lipinski definition) is 3. The molecule has 0 saturated carbocycles. The third kappa shape index (κ3) is 2.54. The van der Waals surface area contributed by atoms with Crippen molar-refractivity contribution in [1.29, 1.82) is 0 Å². The van der Waals surface area contributed by atoms with Gasteiger partial charge in [-0.1, -0.05) is 42.5 Å². The number of ether oxygens (including phenoxy) is 1. The lowest BCUT2D eigenvalue weighted by Gasteiger charge is -2.03. The molecule has 20 heavy (non-hydrogen) atoms. The van der Waals surface area contributed by atoms with E-state index >= 15 is 0 Å². The lowest BCUT2D eigenvalue weighted by molar-refractivity contribution is 0.414. The Hall–Kier alpha value is -2.62. The molecule has 1 heterocycles. The van der Waals surface area contributed by atoms with Crippen LogP contribution in [-0.2, 0) is 6.42 Å². The number of aromatic nitrogens is 3. The van der Waals surface area contributed by atoms with Crippen LogP contribution >= 0.6 is 0 Å². The Morgan fingerprint density at radius 1 is 0.950 bits per heavy atom. The first-order valence-corrected chi connectivity index (χ1v) is 6.45. The van der Waals surface area contributed by atoms with Gasteiger partial charge in [0, 0.05) is 12.0 Å². The molecule has 3 rings (SSSR count). The Labute approximate surface area is 117 Å². The molecule has 4 heteroatoms. The number of benzene rings is 2. The monoisotopic (exact) mass is 265 g/mol. The highest BCUT2D eigenvalue weighted by atomic mass is 16.5. The number of nitrogens with one attached hydrogen (secondary N) is 1. The molecule has 0 aliphatic carbocycles. The standard InChI is InChI=1S/C16H15N3O/c1-20-14-9-7-12(8-10-14)11-15-16(18-19-17-15)13-5-3-2-4-6-13/h2-10H,11H2,1H3,(H,17,18,19). The van der Waals surface area contributed by atoms with Crippen LogP contribution in [0.25, 0.3) is 11.3 Å². The van der Waals surface area contributed by atoms with E-state index in [4.69, 9.17) is 4.74 Å². The summed E-state index contributed by atoms with van der Waals surface area (Å²) in [5.74, 6) is 0.859. The van der Waals surface area contributed by atoms with Crippen LogP contribution in [0.4, 0.5) is 0 Å². The molecule has 100 valence electrons. The fourth-order valence-corrected chi connectivity index (χ4v) is 2.14. The van der Waals surface area contributed by atoms with E-state index in [1.165, 1.54) is 5.56 Å². The van der Waals surface area contributed by atoms with Crippen molar-refractivity contribution < 1.29 is 4.74 Å². The van der Waals surface area contributed by atoms with Gasteiger partial charge in [0.2, 0.25) is 0 Å². The molecular formula is C16H15N3O. The van der Waals surface area contributed by atoms with Crippen molar-refractivity contribution in [2.45, 2.75) is 6.42 Å². The van der Waals surface area contributed by atoms with E-state index in [9.17, 15) is 0 Å². The van der Waals surface area contributed by atoms with Gasteiger partial charge in [-0.2, -0.15) is 15.4 Å². The van der Waals surface area contributed by atoms with E-state index < -0.39 is 0 Å². The second-order valence-electron chi connectivity index (χ2n) is 4.51. The average molecular weight is 265 g/mol. The Kier molecular flexibility index (Phi) is 3.46. The van der Waals surface area contributed by atoms with Gasteiger partial charge in [0.25, 0.3) is 0 Å². The minimum absolute atomic E-state index is 0.741. The zero-order valence-electron chi connectivity index (χ0n) is 11.2. The van der Waals surface area contributed by atoms with Crippen molar-refractivity contribution in [1.82, 2.24) is 15.4 Å². The maximum Gasteiger partial charge on any atom is 0.118 e. The molecule has 0 atom stereocenters. The number of aromatic amines is 1. The Morgan fingerprint density at radius 3 is 2.40 bits per heavy atom. The summed E-state index contributed by atoms with van der Waals surface area (Å²) in [6, 6.07) is 18.1. The Morgan fingerprint density at radius 2 is 1.70 bits per heavy atom. The smallest absolute Gasteiger partial charge is 0.118 e. The summed E-state index contributed by atoms with van der Waals surface area (Å²) in [5, 5.41) is 11.2. The molecule has 1 aromatic heterocycles. The second kappa shape index (κ2) is 5.57. The van der Waals surface area contributed by atoms with E-state index in [-0.39, 0.29) is 0 Å². The highest BCUT2D eigenvalue weighted by Gasteiger charge is 2.10. The highest BCUT2D eigenvalue weighted by Crippen LogP contribution is 2.22. The molecule has 0 unspecified atom stereocenters. The van der Waals surface area contributed by atoms with Gasteiger partial charge in [-0.05, 0) is 17.7 Å². The molecule has 0 fully saturated rings. The summed E-state index contributed by atoms with van der Waals surface area (Å²) in [6.07, 6.45) is 0.741. The molecule has 0 saturated heterocycles. The zero-order valence-corrected chi connectivity index (χ0v) is 11.2. The van der Waals surface area contributed by atoms with Crippen LogP contribution in [0.1, 0.15) is 11.3 Å². The van der Waals surface area contributed by atoms with Gasteiger partial charge in [0.1, 0.15) is 11.4 Å². The SMILES string of the molecule is COc1ccc(Cc2n[nH]nc2-c2ccccc2)cc1. The van der Waals surface area contributed by atoms with Gasteiger partial charge in [0.15, 0.2) is 0 Å². The normalized spacial score (nSPS) is 10.4. The summed E-state index contributed by atoms with van der Waals surface area (Å²) in [5.41, 5.74) is 4.10. The van der Waals surface area contributed by atoms with Gasteiger partial charge < -0.3 is 4.74 Å². The zero-order chi connectivity index (χ0) is 13.8. The molecule has 0 bridgehead atoms. The van der Waals surface area contributed by atoms with Crippen LogP contribution in [0, 0.1) is 0 Å². The lowest BCUT2D eigenvalue weighted by Crippen LogP contribution is -1.92. The molecule has 0 amide bonds. The molecule has 1 N–H and O–H groups in total. The largest absolute Gasteiger partial charge is 0.497 e. The van der Waals surface area contributed by atoms with Gasteiger partial charge >= 0.3 is 0 Å². The van der Waals surface area contributed by atoms with Crippen molar-refractivity contribution in [2.75, 3.05) is 7.11 Å². The number of H-pyrrole nitrogens is 1. The summed E-state index contributed by atoms with van der Waals surface area (Å²) in [6.45, 7) is 0. The van der Waals surface area contributed by atoms with Crippen molar-refractivity contribution in [3.8, 4) is 17.0 Å². The van der Waals surface area contributed by atoms with E-state index in [0.717, 1.165) is 29.1 Å². The first kappa shape index (κ1) is 12.4. The van der Waals surface area contributed by atoms with Crippen LogP contribution in [-0.4, -0.2) is 22.5 Å². The topological polar surface area (TPSA) is 50.8 Å². The lowest BCUT2D eigenvalue weighted by atomic mass is 10.0. The van der Waals surface area contributed by atoms with E-state index in [1.807, 2.05) is 54.6 Å². The summed E-state index contributed by atoms with van der Waals surface area (Å²) in [4.78, 5) is 0. The predicted molar refractivity (Wildman–Crippen MR) is 77.6 cm³/mol. The van der Waals surface area contributed by atoms with Crippen molar-refractivity contribution in [2.24, 2.45) is 0 Å². The van der Waals surface area contributed by atoms with Gasteiger partial charge in [-0.25, -0.2) is 0 Å². The molecule has 0 aliphatic heterocycles. The molecule has 3 aromatic rings. The highest BCUT2D eigenvalue weighted by molar-refractivity contribution is 5.61. The van der Waals surface area contributed by atoms with E-state index in [0.29, 0.717) is 0 Å². The minimum atomic E-state index is 0.741. The van der Waals surface area contributed by atoms with E-state index in [2.05, 4.69) is 15.4 Å². The maximum absolute atomic E-state index is 5.16. The summed E-state index contributed by atoms with van der Waals surface area (Å²) in [7, 11) is 1.67. The first-order chi connectivity index (χ1) is 9.86. The maximum atomic E-state index is 5.16. The van der Waals surface area contributed by atoms with Crippen LogP contribution < -0.4 is 4.74 Å². The van der Waals surface area contributed by atoms with Crippen molar-refractivity contribution in [3.05, 3.63) is 65.9 Å². The second-order valence-corrected chi connectivity index (χ2v) is 4.51. The van der Waals surface area contributed by atoms with E-state index in [1.54, 1.807) is 7.11 Å². The molecular weight excluding hydrogens is 250 g/mol. The van der Waals surface area contributed by atoms with Crippen molar-refractivity contribution >= 4 is 0 Å². The number of methoxy groups -OCH3 is 1. The van der Waals surface area contributed by atoms with Crippen molar-refractivity contribution in [3.63, 3.8) is 0 Å². The van der Waals surface area contributed by atoms with Gasteiger partial charge in [-0.15, -0.1) is 0 Å².